The van der Waals surface area contributed by atoms with Gasteiger partial charge in [-0.3, -0.25) is 0 Å². The number of hydrogen-bond acceptors (Lipinski definition) is 3. The molecule has 0 aromatic heterocycles. The zero-order valence-electron chi connectivity index (χ0n) is 12.9. The molecule has 1 unspecified atom stereocenters. The summed E-state index contributed by atoms with van der Waals surface area (Å²) in [4.78, 5) is 0. The molecule has 1 aromatic rings. The Morgan fingerprint density at radius 2 is 1.90 bits per heavy atom. The van der Waals surface area contributed by atoms with Crippen LogP contribution in [0.4, 0.5) is 0 Å². The minimum Gasteiger partial charge on any atom is -0.489 e. The number of aryl methyl sites for hydroxylation is 1. The summed E-state index contributed by atoms with van der Waals surface area (Å²) in [6, 6.07) is 6.93. The Bertz CT molecular complexity index is 417. The maximum atomic E-state index is 5.82. The van der Waals surface area contributed by atoms with E-state index < -0.39 is 0 Å². The minimum absolute atomic E-state index is 0.452. The lowest BCUT2D eigenvalue weighted by Crippen LogP contribution is -2.23. The molecule has 20 heavy (non-hydrogen) atoms. The fraction of sp³-hybridized carbons (Fsp3) is 0.647. The molecule has 1 heterocycles. The standard InChI is InChI=1S/C17H27NO2/c1-13(2)18-9-5-4-6-15-7-8-16-17(10-15)20-12-14(3)11-19-16/h7-8,10,13-14,18H,4-6,9,11-12H2,1-3H3. The van der Waals surface area contributed by atoms with Crippen LogP contribution in [0.5, 0.6) is 11.5 Å². The molecule has 1 N–H and O–H groups in total. The average Bonchev–Trinajstić information content (AvgIpc) is 2.60. The first-order chi connectivity index (χ1) is 9.65. The van der Waals surface area contributed by atoms with Gasteiger partial charge in [0.15, 0.2) is 11.5 Å². The second-order valence-corrected chi connectivity index (χ2v) is 6.07. The number of unbranched alkanes of at least 4 members (excludes halogenated alkanes) is 1. The van der Waals surface area contributed by atoms with Crippen molar-refractivity contribution in [2.45, 2.75) is 46.1 Å². The van der Waals surface area contributed by atoms with Gasteiger partial charge in [0.05, 0.1) is 13.2 Å². The van der Waals surface area contributed by atoms with Crippen LogP contribution in [-0.4, -0.2) is 25.8 Å². The maximum absolute atomic E-state index is 5.82. The molecular weight excluding hydrogens is 250 g/mol. The fourth-order valence-electron chi connectivity index (χ4n) is 2.30. The van der Waals surface area contributed by atoms with Crippen molar-refractivity contribution in [3.63, 3.8) is 0 Å². The molecule has 0 fully saturated rings. The molecule has 0 radical (unpaired) electrons. The first-order valence-electron chi connectivity index (χ1n) is 7.77. The molecular formula is C17H27NO2. The van der Waals surface area contributed by atoms with Gasteiger partial charge in [0.25, 0.3) is 0 Å². The molecule has 0 amide bonds. The van der Waals surface area contributed by atoms with Gasteiger partial charge in [-0.2, -0.15) is 0 Å². The lowest BCUT2D eigenvalue weighted by atomic mass is 10.1. The van der Waals surface area contributed by atoms with Crippen LogP contribution in [0.3, 0.4) is 0 Å². The predicted molar refractivity (Wildman–Crippen MR) is 82.7 cm³/mol. The monoisotopic (exact) mass is 277 g/mol. The Balaban J connectivity index is 1.82. The van der Waals surface area contributed by atoms with Crippen molar-refractivity contribution in [2.24, 2.45) is 5.92 Å². The Kier molecular flexibility index (Phi) is 5.72. The van der Waals surface area contributed by atoms with E-state index in [-0.39, 0.29) is 0 Å². The van der Waals surface area contributed by atoms with Gasteiger partial charge in [0.1, 0.15) is 0 Å². The highest BCUT2D eigenvalue weighted by Gasteiger charge is 2.14. The van der Waals surface area contributed by atoms with E-state index in [2.05, 4.69) is 44.3 Å². The maximum Gasteiger partial charge on any atom is 0.161 e. The summed E-state index contributed by atoms with van der Waals surface area (Å²) in [7, 11) is 0. The van der Waals surface area contributed by atoms with E-state index in [1.54, 1.807) is 0 Å². The average molecular weight is 277 g/mol. The smallest absolute Gasteiger partial charge is 0.161 e. The summed E-state index contributed by atoms with van der Waals surface area (Å²) in [6.07, 6.45) is 3.52. The van der Waals surface area contributed by atoms with Crippen molar-refractivity contribution in [3.8, 4) is 11.5 Å². The summed E-state index contributed by atoms with van der Waals surface area (Å²) in [6.45, 7) is 9.10. The van der Waals surface area contributed by atoms with Gasteiger partial charge in [-0.05, 0) is 43.5 Å². The van der Waals surface area contributed by atoms with Crippen molar-refractivity contribution in [2.75, 3.05) is 19.8 Å². The molecule has 3 heteroatoms. The Labute approximate surface area is 122 Å². The van der Waals surface area contributed by atoms with Crippen LogP contribution < -0.4 is 14.8 Å². The first kappa shape index (κ1) is 15.2. The number of hydrogen-bond donors (Lipinski definition) is 1. The van der Waals surface area contributed by atoms with E-state index in [0.717, 1.165) is 37.7 Å². The largest absolute Gasteiger partial charge is 0.489 e. The summed E-state index contributed by atoms with van der Waals surface area (Å²) >= 11 is 0. The lowest BCUT2D eigenvalue weighted by molar-refractivity contribution is 0.228. The van der Waals surface area contributed by atoms with Crippen molar-refractivity contribution < 1.29 is 9.47 Å². The number of fused-ring (bicyclic) bond motifs is 1. The number of rotatable bonds is 6. The number of nitrogens with one attached hydrogen (secondary N) is 1. The highest BCUT2D eigenvalue weighted by Crippen LogP contribution is 2.31. The van der Waals surface area contributed by atoms with Gasteiger partial charge in [0.2, 0.25) is 0 Å². The molecule has 3 nitrogen and oxygen atoms in total. The SMILES string of the molecule is CC1COc2ccc(CCCCNC(C)C)cc2OC1. The number of benzene rings is 1. The third-order valence-corrected chi connectivity index (χ3v) is 3.50. The van der Waals surface area contributed by atoms with Gasteiger partial charge in [-0.1, -0.05) is 26.8 Å². The van der Waals surface area contributed by atoms with Crippen LogP contribution in [0.25, 0.3) is 0 Å². The summed E-state index contributed by atoms with van der Waals surface area (Å²) in [5, 5.41) is 3.45. The molecule has 0 spiro atoms. The Morgan fingerprint density at radius 1 is 1.15 bits per heavy atom. The van der Waals surface area contributed by atoms with Crippen molar-refractivity contribution >= 4 is 0 Å². The highest BCUT2D eigenvalue weighted by atomic mass is 16.5. The van der Waals surface area contributed by atoms with Crippen LogP contribution in [-0.2, 0) is 6.42 Å². The zero-order valence-corrected chi connectivity index (χ0v) is 12.9. The molecule has 0 saturated carbocycles. The van der Waals surface area contributed by atoms with Crippen LogP contribution in [0, 0.1) is 5.92 Å². The Morgan fingerprint density at radius 3 is 2.65 bits per heavy atom. The molecule has 0 bridgehead atoms. The third-order valence-electron chi connectivity index (χ3n) is 3.50. The van der Waals surface area contributed by atoms with Gasteiger partial charge in [0, 0.05) is 12.0 Å². The molecule has 1 aromatic carbocycles. The second-order valence-electron chi connectivity index (χ2n) is 6.07. The number of ether oxygens (including phenoxy) is 2. The van der Waals surface area contributed by atoms with Crippen LogP contribution in [0.2, 0.25) is 0 Å². The van der Waals surface area contributed by atoms with E-state index in [1.165, 1.54) is 18.4 Å². The van der Waals surface area contributed by atoms with Gasteiger partial charge < -0.3 is 14.8 Å². The highest BCUT2D eigenvalue weighted by molar-refractivity contribution is 5.43. The van der Waals surface area contributed by atoms with Crippen molar-refractivity contribution in [1.82, 2.24) is 5.32 Å². The third kappa shape index (κ3) is 4.71. The van der Waals surface area contributed by atoms with E-state index in [9.17, 15) is 0 Å². The second kappa shape index (κ2) is 7.53. The first-order valence-corrected chi connectivity index (χ1v) is 7.77. The summed E-state index contributed by atoms with van der Waals surface area (Å²) < 4.78 is 11.6. The quantitative estimate of drug-likeness (QED) is 0.808. The van der Waals surface area contributed by atoms with Gasteiger partial charge in [-0.25, -0.2) is 0 Å². The van der Waals surface area contributed by atoms with Crippen LogP contribution in [0.15, 0.2) is 18.2 Å². The molecule has 1 aliphatic heterocycles. The summed E-state index contributed by atoms with van der Waals surface area (Å²) in [5.41, 5.74) is 1.34. The molecule has 112 valence electrons. The van der Waals surface area contributed by atoms with Crippen molar-refractivity contribution in [3.05, 3.63) is 23.8 Å². The van der Waals surface area contributed by atoms with E-state index >= 15 is 0 Å². The normalized spacial score (nSPS) is 18.1. The minimum atomic E-state index is 0.452. The van der Waals surface area contributed by atoms with Crippen molar-refractivity contribution in [1.29, 1.82) is 0 Å². The predicted octanol–water partition coefficient (Wildman–Crippen LogP) is 3.41. The zero-order chi connectivity index (χ0) is 14.4. The fourth-order valence-corrected chi connectivity index (χ4v) is 2.30. The topological polar surface area (TPSA) is 30.5 Å². The van der Waals surface area contributed by atoms with E-state index in [0.29, 0.717) is 12.0 Å². The molecule has 1 atom stereocenters. The lowest BCUT2D eigenvalue weighted by Gasteiger charge is -2.10. The molecule has 1 aliphatic rings. The Hall–Kier alpha value is -1.22. The summed E-state index contributed by atoms with van der Waals surface area (Å²) in [5.74, 6) is 2.25. The molecule has 2 rings (SSSR count). The van der Waals surface area contributed by atoms with Crippen LogP contribution >= 0.6 is 0 Å². The van der Waals surface area contributed by atoms with Gasteiger partial charge in [-0.15, -0.1) is 0 Å². The van der Waals surface area contributed by atoms with E-state index in [1.807, 2.05) is 0 Å². The van der Waals surface area contributed by atoms with E-state index in [4.69, 9.17) is 9.47 Å². The van der Waals surface area contributed by atoms with Gasteiger partial charge >= 0.3 is 0 Å². The van der Waals surface area contributed by atoms with Crippen LogP contribution in [0.1, 0.15) is 39.2 Å². The molecule has 0 aliphatic carbocycles. The molecule has 0 saturated heterocycles.